The highest BCUT2D eigenvalue weighted by molar-refractivity contribution is 6.28. The molecule has 0 fully saturated rings. The van der Waals surface area contributed by atoms with E-state index in [4.69, 9.17) is 0 Å². The lowest BCUT2D eigenvalue weighted by Gasteiger charge is -2.29. The van der Waals surface area contributed by atoms with Gasteiger partial charge in [0.25, 0.3) is 23.6 Å². The van der Waals surface area contributed by atoms with Crippen molar-refractivity contribution < 1.29 is 19.2 Å². The highest BCUT2D eigenvalue weighted by Gasteiger charge is 2.33. The largest absolute Gasteiger partial charge is 0.270 e. The average molecular weight is 748 g/mol. The minimum atomic E-state index is -0.405. The molecule has 2 aliphatic rings. The molecule has 0 unspecified atom stereocenters. The van der Waals surface area contributed by atoms with Crippen molar-refractivity contribution in [1.82, 2.24) is 30.0 Å². The van der Waals surface area contributed by atoms with E-state index in [-0.39, 0.29) is 31.1 Å². The normalized spacial score (nSPS) is 13.1. The van der Waals surface area contributed by atoms with Crippen LogP contribution in [0.15, 0.2) is 85.5 Å². The summed E-state index contributed by atoms with van der Waals surface area (Å²) in [6.45, 7) is 35.4. The number of carbonyl (C=O) groups is 4. The molecule has 0 saturated heterocycles. The van der Waals surface area contributed by atoms with Crippen LogP contribution in [0, 0.1) is 30.1 Å². The van der Waals surface area contributed by atoms with Crippen LogP contribution in [-0.2, 0) is 19.2 Å². The number of amides is 4. The molecule has 0 radical (unpaired) electrons. The van der Waals surface area contributed by atoms with Crippen molar-refractivity contribution in [2.45, 2.75) is 131 Å². The van der Waals surface area contributed by atoms with Crippen LogP contribution in [0.1, 0.15) is 123 Å². The van der Waals surface area contributed by atoms with Gasteiger partial charge in [-0.15, -0.1) is 5.10 Å². The molecule has 4 heterocycles. The van der Waals surface area contributed by atoms with E-state index in [1.165, 1.54) is 29.2 Å². The minimum Gasteiger partial charge on any atom is -0.270 e. The van der Waals surface area contributed by atoms with Gasteiger partial charge in [0.15, 0.2) is 0 Å². The van der Waals surface area contributed by atoms with E-state index in [1.54, 1.807) is 62.0 Å². The minimum absolute atomic E-state index is 0. The van der Waals surface area contributed by atoms with Gasteiger partial charge in [0, 0.05) is 48.4 Å². The van der Waals surface area contributed by atoms with Gasteiger partial charge in [-0.2, -0.15) is 5.10 Å². The van der Waals surface area contributed by atoms with E-state index in [9.17, 15) is 19.2 Å². The molecule has 5 rings (SSSR count). The van der Waals surface area contributed by atoms with Crippen LogP contribution >= 0.6 is 0 Å². The first-order valence-corrected chi connectivity index (χ1v) is 17.5. The number of aryl methyl sites for hydroxylation is 2. The monoisotopic (exact) mass is 748 g/mol. The van der Waals surface area contributed by atoms with Gasteiger partial charge in [-0.05, 0) is 69.1 Å². The van der Waals surface area contributed by atoms with E-state index in [1.807, 2.05) is 33.8 Å². The van der Waals surface area contributed by atoms with Gasteiger partial charge in [-0.3, -0.25) is 24.1 Å². The molecule has 11 nitrogen and oxygen atoms in total. The molecule has 0 atom stereocenters. The Hall–Kier alpha value is -4.93. The third kappa shape index (κ3) is 32.9. The molecule has 0 N–H and O–H groups in total. The number of hydrogen-bond acceptors (Lipinski definition) is 9. The number of nitrogens with zero attached hydrogens (tertiary/aromatic N) is 7. The number of carbonyl (C=O) groups excluding carboxylic acids is 4. The molecule has 4 amide bonds. The van der Waals surface area contributed by atoms with E-state index >= 15 is 0 Å². The molecule has 0 bridgehead atoms. The van der Waals surface area contributed by atoms with Crippen LogP contribution in [-0.4, -0.2) is 59.2 Å². The first kappa shape index (κ1) is 53.4. The summed E-state index contributed by atoms with van der Waals surface area (Å²) in [5.41, 5.74) is 1.71. The molecule has 3 aromatic rings. The van der Waals surface area contributed by atoms with Gasteiger partial charge < -0.3 is 0 Å². The SMILES string of the molecule is C.CC(C)(C)C.CC(C)(C)C.CC(C)(C)C.CC(C)(C)N1C(=O)C=CC1=O.Cc1ncccn1.Cc1nccnn1.O=C1C=CC(=O)N1c1ccccc1. The standard InChI is InChI=1S/C10H7NO2.C8H11NO2.C5H6N2.3C5H12.C4H5N3.CH4/c12-9-6-7-10(13)11(9)8-4-2-1-3-5-8;1-8(2,3)9-6(10)4-5-7(9)11;1-5-6-3-2-4-7-5;3*1-5(2,3)4;1-4-5-2-3-6-7-4;/h1-7H;4-5H,1-3H3;2-4H,1H3;3*1-4H3;2-3H,1H3;1H4. The molecule has 11 heteroatoms. The Morgan fingerprint density at radius 3 is 1.06 bits per heavy atom. The van der Waals surface area contributed by atoms with Gasteiger partial charge in [0.1, 0.15) is 11.6 Å². The maximum atomic E-state index is 11.2. The molecular formula is C43H69N7O4. The van der Waals surface area contributed by atoms with Crippen molar-refractivity contribution in [3.63, 3.8) is 0 Å². The third-order valence-corrected chi connectivity index (χ3v) is 4.60. The number of benzene rings is 1. The molecule has 0 spiro atoms. The number of imide groups is 2. The Morgan fingerprint density at radius 1 is 0.463 bits per heavy atom. The molecular weight excluding hydrogens is 679 g/mol. The number of anilines is 1. The topological polar surface area (TPSA) is 139 Å². The number of rotatable bonds is 1. The zero-order valence-corrected chi connectivity index (χ0v) is 35.3. The lowest BCUT2D eigenvalue weighted by Crippen LogP contribution is -2.45. The lowest BCUT2D eigenvalue weighted by atomic mass is 10.0. The number of aromatic nitrogens is 5. The van der Waals surface area contributed by atoms with Gasteiger partial charge in [0.2, 0.25) is 0 Å². The molecule has 300 valence electrons. The molecule has 2 aromatic heterocycles. The number of hydrogen-bond donors (Lipinski definition) is 0. The van der Waals surface area contributed by atoms with E-state index < -0.39 is 5.54 Å². The summed E-state index contributed by atoms with van der Waals surface area (Å²) in [6.07, 6.45) is 11.8. The maximum absolute atomic E-state index is 11.2. The second-order valence-corrected chi connectivity index (χ2v) is 17.7. The fraction of sp³-hybridized carbons (Fsp3) is 0.512. The Balaban J connectivity index is -0.000000581. The summed E-state index contributed by atoms with van der Waals surface area (Å²) >= 11 is 0. The molecule has 0 aliphatic carbocycles. The van der Waals surface area contributed by atoms with Crippen LogP contribution in [0.5, 0.6) is 0 Å². The van der Waals surface area contributed by atoms with Crippen LogP contribution < -0.4 is 4.90 Å². The molecule has 2 aliphatic heterocycles. The van der Waals surface area contributed by atoms with E-state index in [0.717, 1.165) is 10.7 Å². The van der Waals surface area contributed by atoms with Crippen molar-refractivity contribution in [2.75, 3.05) is 4.90 Å². The van der Waals surface area contributed by atoms with Gasteiger partial charge in [-0.1, -0.05) is 109 Å². The second kappa shape index (κ2) is 25.2. The summed E-state index contributed by atoms with van der Waals surface area (Å²) in [5, 5.41) is 7.19. The summed E-state index contributed by atoms with van der Waals surface area (Å²) in [4.78, 5) is 58.4. The molecule has 1 aromatic carbocycles. The predicted octanol–water partition coefficient (Wildman–Crippen LogP) is 9.58. The Bertz CT molecular complexity index is 1440. The van der Waals surface area contributed by atoms with Crippen molar-refractivity contribution in [2.24, 2.45) is 16.2 Å². The maximum Gasteiger partial charge on any atom is 0.258 e. The summed E-state index contributed by atoms with van der Waals surface area (Å²) in [7, 11) is 0. The quantitative estimate of drug-likeness (QED) is 0.223. The average Bonchev–Trinajstić information content (AvgIpc) is 3.51. The first-order chi connectivity index (χ1) is 24.0. The van der Waals surface area contributed by atoms with Crippen LogP contribution in [0.3, 0.4) is 0 Å². The number of para-hydroxylation sites is 1. The van der Waals surface area contributed by atoms with Crippen molar-refractivity contribution >= 4 is 29.3 Å². The summed E-state index contributed by atoms with van der Waals surface area (Å²) in [6, 6.07) is 10.7. The van der Waals surface area contributed by atoms with Gasteiger partial charge in [0.05, 0.1) is 11.9 Å². The molecule has 0 saturated carbocycles. The van der Waals surface area contributed by atoms with E-state index in [2.05, 4.69) is 108 Å². The second-order valence-electron chi connectivity index (χ2n) is 17.7. The lowest BCUT2D eigenvalue weighted by molar-refractivity contribution is -0.142. The Kier molecular flexibility index (Phi) is 24.9. The van der Waals surface area contributed by atoms with Crippen LogP contribution in [0.2, 0.25) is 0 Å². The Morgan fingerprint density at radius 2 is 0.815 bits per heavy atom. The molecule has 54 heavy (non-hydrogen) atoms. The third-order valence-electron chi connectivity index (χ3n) is 4.60. The summed E-state index contributed by atoms with van der Waals surface area (Å²) < 4.78 is 0. The van der Waals surface area contributed by atoms with Crippen molar-refractivity contribution in [3.8, 4) is 0 Å². The van der Waals surface area contributed by atoms with Crippen LogP contribution in [0.25, 0.3) is 0 Å². The fourth-order valence-electron chi connectivity index (χ4n) is 2.98. The first-order valence-electron chi connectivity index (χ1n) is 17.5. The van der Waals surface area contributed by atoms with Gasteiger partial charge >= 0.3 is 0 Å². The van der Waals surface area contributed by atoms with Crippen molar-refractivity contribution in [1.29, 1.82) is 0 Å². The highest BCUT2D eigenvalue weighted by atomic mass is 16.2. The van der Waals surface area contributed by atoms with Crippen LogP contribution in [0.4, 0.5) is 5.69 Å². The van der Waals surface area contributed by atoms with Crippen molar-refractivity contribution in [3.05, 3.63) is 97.1 Å². The predicted molar refractivity (Wildman–Crippen MR) is 222 cm³/mol. The zero-order valence-electron chi connectivity index (χ0n) is 35.3. The fourth-order valence-corrected chi connectivity index (χ4v) is 2.98. The van der Waals surface area contributed by atoms with Gasteiger partial charge in [-0.25, -0.2) is 19.9 Å². The summed E-state index contributed by atoms with van der Waals surface area (Å²) in [5.74, 6) is 0.530. The van der Waals surface area contributed by atoms with E-state index in [0.29, 0.717) is 27.8 Å². The Labute approximate surface area is 326 Å². The smallest absolute Gasteiger partial charge is 0.258 e. The highest BCUT2D eigenvalue weighted by Crippen LogP contribution is 2.18. The zero-order chi connectivity index (χ0) is 41.6.